The van der Waals surface area contributed by atoms with E-state index in [1.54, 1.807) is 0 Å². The van der Waals surface area contributed by atoms with Crippen molar-refractivity contribution in [3.8, 4) is 11.5 Å². The molecule has 1 aromatic rings. The van der Waals surface area contributed by atoms with Gasteiger partial charge in [-0.05, 0) is 29.8 Å². The summed E-state index contributed by atoms with van der Waals surface area (Å²) in [6, 6.07) is 1.03. The number of aromatic hydroxyl groups is 2. The molecule has 1 aromatic carbocycles. The Kier molecular flexibility index (Phi) is 2.74. The van der Waals surface area contributed by atoms with Crippen molar-refractivity contribution in [3.63, 3.8) is 0 Å². The number of hydrogen-bond acceptors (Lipinski definition) is 3. The standard InChI is InChI=1S/C9H10BrFO3/c1-9(2,14)6-7(11)4(10)3-5(12)8(6)13/h3,12-14H,1-2H3. The first-order valence-electron chi connectivity index (χ1n) is 3.88. The summed E-state index contributed by atoms with van der Waals surface area (Å²) >= 11 is 2.87. The number of rotatable bonds is 1. The van der Waals surface area contributed by atoms with Gasteiger partial charge in [-0.3, -0.25) is 0 Å². The second kappa shape index (κ2) is 3.40. The third-order valence-corrected chi connectivity index (χ3v) is 2.36. The van der Waals surface area contributed by atoms with E-state index in [-0.39, 0.29) is 10.0 Å². The molecular weight excluding hydrogens is 255 g/mol. The summed E-state index contributed by atoms with van der Waals surface area (Å²) in [5.41, 5.74) is -1.89. The van der Waals surface area contributed by atoms with E-state index in [1.807, 2.05) is 0 Å². The van der Waals surface area contributed by atoms with Gasteiger partial charge in [-0.25, -0.2) is 4.39 Å². The van der Waals surface area contributed by atoms with Gasteiger partial charge in [-0.15, -0.1) is 0 Å². The lowest BCUT2D eigenvalue weighted by Crippen LogP contribution is -2.18. The highest BCUT2D eigenvalue weighted by Crippen LogP contribution is 2.40. The largest absolute Gasteiger partial charge is 0.504 e. The maximum Gasteiger partial charge on any atom is 0.166 e. The quantitative estimate of drug-likeness (QED) is 0.682. The molecule has 0 saturated carbocycles. The lowest BCUT2D eigenvalue weighted by Gasteiger charge is -2.20. The van der Waals surface area contributed by atoms with Gasteiger partial charge in [0.15, 0.2) is 11.5 Å². The normalized spacial score (nSPS) is 11.8. The molecule has 0 aliphatic carbocycles. The van der Waals surface area contributed by atoms with Crippen molar-refractivity contribution in [2.75, 3.05) is 0 Å². The van der Waals surface area contributed by atoms with E-state index in [0.29, 0.717) is 0 Å². The van der Waals surface area contributed by atoms with Crippen LogP contribution in [0.5, 0.6) is 11.5 Å². The van der Waals surface area contributed by atoms with Crippen LogP contribution in [0.3, 0.4) is 0 Å². The van der Waals surface area contributed by atoms with E-state index in [4.69, 9.17) is 0 Å². The second-order valence-corrected chi connectivity index (χ2v) is 4.33. The van der Waals surface area contributed by atoms with E-state index < -0.39 is 22.9 Å². The van der Waals surface area contributed by atoms with Crippen molar-refractivity contribution in [2.45, 2.75) is 19.4 Å². The predicted molar refractivity (Wildman–Crippen MR) is 52.7 cm³/mol. The van der Waals surface area contributed by atoms with Gasteiger partial charge in [-0.1, -0.05) is 0 Å². The number of benzene rings is 1. The highest BCUT2D eigenvalue weighted by molar-refractivity contribution is 9.10. The average Bonchev–Trinajstić information content (AvgIpc) is 1.98. The second-order valence-electron chi connectivity index (χ2n) is 3.47. The Bertz CT molecular complexity index is 345. The van der Waals surface area contributed by atoms with E-state index in [2.05, 4.69) is 15.9 Å². The van der Waals surface area contributed by atoms with Crippen LogP contribution < -0.4 is 0 Å². The molecule has 14 heavy (non-hydrogen) atoms. The van der Waals surface area contributed by atoms with Gasteiger partial charge in [0.2, 0.25) is 0 Å². The molecule has 3 nitrogen and oxygen atoms in total. The molecule has 0 bridgehead atoms. The molecule has 0 amide bonds. The Balaban J connectivity index is 3.56. The van der Waals surface area contributed by atoms with Gasteiger partial charge >= 0.3 is 0 Å². The van der Waals surface area contributed by atoms with Crippen LogP contribution in [0.4, 0.5) is 4.39 Å². The summed E-state index contributed by atoms with van der Waals surface area (Å²) in [5, 5.41) is 28.1. The van der Waals surface area contributed by atoms with Gasteiger partial charge in [-0.2, -0.15) is 0 Å². The van der Waals surface area contributed by atoms with Crippen LogP contribution in [0.25, 0.3) is 0 Å². The van der Waals surface area contributed by atoms with Crippen LogP contribution in [0, 0.1) is 5.82 Å². The minimum Gasteiger partial charge on any atom is -0.504 e. The SMILES string of the molecule is CC(C)(O)c1c(O)c(O)cc(Br)c1F. The van der Waals surface area contributed by atoms with E-state index >= 15 is 0 Å². The smallest absolute Gasteiger partial charge is 0.166 e. The van der Waals surface area contributed by atoms with Crippen molar-refractivity contribution in [3.05, 3.63) is 21.9 Å². The molecule has 1 rings (SSSR count). The molecule has 0 heterocycles. The van der Waals surface area contributed by atoms with Crippen LogP contribution in [-0.4, -0.2) is 15.3 Å². The zero-order valence-electron chi connectivity index (χ0n) is 7.67. The zero-order chi connectivity index (χ0) is 11.1. The minimum absolute atomic E-state index is 0.00933. The number of hydrogen-bond donors (Lipinski definition) is 3. The summed E-state index contributed by atoms with van der Waals surface area (Å²) < 4.78 is 13.5. The van der Waals surface area contributed by atoms with Gasteiger partial charge in [0, 0.05) is 6.07 Å². The summed E-state index contributed by atoms with van der Waals surface area (Å²) in [6.07, 6.45) is 0. The van der Waals surface area contributed by atoms with Crippen LogP contribution >= 0.6 is 15.9 Å². The number of halogens is 2. The lowest BCUT2D eigenvalue weighted by atomic mass is 9.96. The van der Waals surface area contributed by atoms with E-state index in [0.717, 1.165) is 6.07 Å². The fourth-order valence-electron chi connectivity index (χ4n) is 1.16. The summed E-state index contributed by atoms with van der Waals surface area (Å²) in [4.78, 5) is 0. The molecular formula is C9H10BrFO3. The third-order valence-electron chi connectivity index (χ3n) is 1.78. The number of aliphatic hydroxyl groups is 1. The molecule has 78 valence electrons. The third kappa shape index (κ3) is 1.83. The highest BCUT2D eigenvalue weighted by Gasteiger charge is 2.28. The highest BCUT2D eigenvalue weighted by atomic mass is 79.9. The fraction of sp³-hybridized carbons (Fsp3) is 0.333. The summed E-state index contributed by atoms with van der Waals surface area (Å²) in [5.74, 6) is -1.90. The predicted octanol–water partition coefficient (Wildman–Crippen LogP) is 2.23. The maximum absolute atomic E-state index is 13.5. The molecule has 0 aliphatic rings. The fourth-order valence-corrected chi connectivity index (χ4v) is 1.58. The van der Waals surface area contributed by atoms with Gasteiger partial charge in [0.05, 0.1) is 15.6 Å². The van der Waals surface area contributed by atoms with Crippen LogP contribution in [0.1, 0.15) is 19.4 Å². The molecule has 5 heteroatoms. The van der Waals surface area contributed by atoms with Crippen molar-refractivity contribution in [1.29, 1.82) is 0 Å². The van der Waals surface area contributed by atoms with Gasteiger partial charge in [0.1, 0.15) is 5.82 Å². The summed E-state index contributed by atoms with van der Waals surface area (Å²) in [6.45, 7) is 2.63. The van der Waals surface area contributed by atoms with Crippen LogP contribution in [0.2, 0.25) is 0 Å². The molecule has 3 N–H and O–H groups in total. The summed E-state index contributed by atoms with van der Waals surface area (Å²) in [7, 11) is 0. The molecule has 0 spiro atoms. The van der Waals surface area contributed by atoms with Crippen molar-refractivity contribution in [1.82, 2.24) is 0 Å². The molecule has 0 atom stereocenters. The molecule has 0 aromatic heterocycles. The van der Waals surface area contributed by atoms with Crippen LogP contribution in [-0.2, 0) is 5.60 Å². The first-order chi connectivity index (χ1) is 6.25. The topological polar surface area (TPSA) is 60.7 Å². The van der Waals surface area contributed by atoms with Gasteiger partial charge in [0.25, 0.3) is 0 Å². The van der Waals surface area contributed by atoms with E-state index in [1.165, 1.54) is 13.8 Å². The molecule has 0 saturated heterocycles. The lowest BCUT2D eigenvalue weighted by molar-refractivity contribution is 0.0709. The zero-order valence-corrected chi connectivity index (χ0v) is 9.26. The van der Waals surface area contributed by atoms with E-state index in [9.17, 15) is 19.7 Å². The Hall–Kier alpha value is -0.810. The number of phenols is 2. The van der Waals surface area contributed by atoms with Crippen molar-refractivity contribution >= 4 is 15.9 Å². The van der Waals surface area contributed by atoms with Crippen molar-refractivity contribution in [2.24, 2.45) is 0 Å². The average molecular weight is 265 g/mol. The van der Waals surface area contributed by atoms with Gasteiger partial charge < -0.3 is 15.3 Å². The minimum atomic E-state index is -1.56. The Morgan fingerprint density at radius 1 is 1.36 bits per heavy atom. The molecule has 0 radical (unpaired) electrons. The Labute approximate surface area is 88.9 Å². The molecule has 0 fully saturated rings. The van der Waals surface area contributed by atoms with Crippen molar-refractivity contribution < 1.29 is 19.7 Å². The maximum atomic E-state index is 13.5. The molecule has 0 unspecified atom stereocenters. The van der Waals surface area contributed by atoms with Crippen LogP contribution in [0.15, 0.2) is 10.5 Å². The first kappa shape index (κ1) is 11.3. The first-order valence-corrected chi connectivity index (χ1v) is 4.67. The number of phenolic OH excluding ortho intramolecular Hbond substituents is 2. The monoisotopic (exact) mass is 264 g/mol. The Morgan fingerprint density at radius 3 is 2.29 bits per heavy atom. The molecule has 0 aliphatic heterocycles. The Morgan fingerprint density at radius 2 is 1.86 bits per heavy atom.